The fourth-order valence-corrected chi connectivity index (χ4v) is 3.59. The van der Waals surface area contributed by atoms with Crippen LogP contribution in [0.5, 0.6) is 0 Å². The van der Waals surface area contributed by atoms with E-state index in [0.717, 1.165) is 22.5 Å². The molecule has 140 valence electrons. The smallest absolute Gasteiger partial charge is 0.316 e. The van der Waals surface area contributed by atoms with Gasteiger partial charge in [-0.2, -0.15) is 0 Å². The van der Waals surface area contributed by atoms with Crippen molar-refractivity contribution in [1.29, 1.82) is 0 Å². The first kappa shape index (κ1) is 19.1. The van der Waals surface area contributed by atoms with E-state index in [4.69, 9.17) is 9.26 Å². The van der Waals surface area contributed by atoms with Gasteiger partial charge in [0.1, 0.15) is 5.69 Å². The van der Waals surface area contributed by atoms with Crippen LogP contribution in [0.4, 0.5) is 5.13 Å². The first-order valence-corrected chi connectivity index (χ1v) is 9.82. The molecule has 0 bridgehead atoms. The number of hydrogen-bond acceptors (Lipinski definition) is 9. The minimum absolute atomic E-state index is 0.0708. The lowest BCUT2D eigenvalue weighted by molar-refractivity contribution is -0.139. The van der Waals surface area contributed by atoms with Crippen LogP contribution < -0.4 is 5.32 Å². The van der Waals surface area contributed by atoms with E-state index < -0.39 is 5.91 Å². The molecule has 3 aromatic rings. The lowest BCUT2D eigenvalue weighted by atomic mass is 10.1. The summed E-state index contributed by atoms with van der Waals surface area (Å²) >= 11 is 2.36. The maximum atomic E-state index is 12.3. The summed E-state index contributed by atoms with van der Waals surface area (Å²) in [5, 5.41) is 14.6. The normalized spacial score (nSPS) is 10.6. The summed E-state index contributed by atoms with van der Waals surface area (Å²) in [5.41, 5.74) is 2.56. The number of esters is 1. The fraction of sp³-hybridized carbons (Fsp3) is 0.235. The van der Waals surface area contributed by atoms with E-state index in [2.05, 4.69) is 20.7 Å². The molecule has 2 aromatic heterocycles. The van der Waals surface area contributed by atoms with Crippen molar-refractivity contribution in [3.63, 3.8) is 0 Å². The first-order chi connectivity index (χ1) is 13.0. The van der Waals surface area contributed by atoms with Gasteiger partial charge in [0.2, 0.25) is 10.9 Å². The van der Waals surface area contributed by atoms with Gasteiger partial charge in [0.15, 0.2) is 4.34 Å². The number of aromatic nitrogens is 3. The van der Waals surface area contributed by atoms with Gasteiger partial charge in [0.25, 0.3) is 5.91 Å². The average molecular weight is 404 g/mol. The molecule has 0 aliphatic rings. The van der Waals surface area contributed by atoms with Crippen LogP contribution in [-0.2, 0) is 9.53 Å². The molecule has 10 heteroatoms. The number of nitrogens with zero attached hydrogens (tertiary/aromatic N) is 3. The summed E-state index contributed by atoms with van der Waals surface area (Å²) in [6, 6.07) is 9.30. The Labute approximate surface area is 163 Å². The monoisotopic (exact) mass is 404 g/mol. The third-order valence-corrected chi connectivity index (χ3v) is 5.27. The number of carbonyl (C=O) groups excluding carboxylic acids is 2. The van der Waals surface area contributed by atoms with Crippen LogP contribution in [0.1, 0.15) is 23.0 Å². The topological polar surface area (TPSA) is 107 Å². The first-order valence-electron chi connectivity index (χ1n) is 8.02. The van der Waals surface area contributed by atoms with Crippen LogP contribution >= 0.6 is 23.1 Å². The van der Waals surface area contributed by atoms with E-state index >= 15 is 0 Å². The van der Waals surface area contributed by atoms with Crippen LogP contribution in [-0.4, -0.2) is 39.6 Å². The molecule has 0 radical (unpaired) electrons. The van der Waals surface area contributed by atoms with Crippen LogP contribution in [0.3, 0.4) is 0 Å². The van der Waals surface area contributed by atoms with Crippen molar-refractivity contribution in [2.24, 2.45) is 0 Å². The lowest BCUT2D eigenvalue weighted by Crippen LogP contribution is -2.10. The van der Waals surface area contributed by atoms with E-state index in [1.807, 2.05) is 31.2 Å². The highest BCUT2D eigenvalue weighted by Crippen LogP contribution is 2.26. The van der Waals surface area contributed by atoms with Gasteiger partial charge in [0.05, 0.1) is 12.4 Å². The van der Waals surface area contributed by atoms with Crippen LogP contribution in [0.2, 0.25) is 0 Å². The zero-order valence-corrected chi connectivity index (χ0v) is 16.2. The molecule has 0 aliphatic carbocycles. The predicted octanol–water partition coefficient (Wildman–Crippen LogP) is 3.41. The molecular weight excluding hydrogens is 388 g/mol. The number of rotatable bonds is 7. The molecule has 0 aliphatic heterocycles. The molecule has 3 rings (SSSR count). The molecule has 2 heterocycles. The number of anilines is 1. The summed E-state index contributed by atoms with van der Waals surface area (Å²) < 4.78 is 10.5. The van der Waals surface area contributed by atoms with Gasteiger partial charge in [0, 0.05) is 11.6 Å². The van der Waals surface area contributed by atoms with Gasteiger partial charge in [-0.1, -0.05) is 58.1 Å². The standard InChI is InChI=1S/C17H16N4O4S2/c1-3-24-14(22)9-26-17-20-19-16(27-17)18-15(23)13-8-12(21-25-13)11-6-4-10(2)5-7-11/h4-8H,3,9H2,1-2H3,(H,18,19,23). The second-order valence-electron chi connectivity index (χ2n) is 5.36. The Bertz CT molecular complexity index is 937. The highest BCUT2D eigenvalue weighted by Gasteiger charge is 2.17. The van der Waals surface area contributed by atoms with Gasteiger partial charge in [-0.3, -0.25) is 14.9 Å². The van der Waals surface area contributed by atoms with Crippen molar-refractivity contribution in [2.75, 3.05) is 17.7 Å². The van der Waals surface area contributed by atoms with Gasteiger partial charge < -0.3 is 9.26 Å². The number of carbonyl (C=O) groups is 2. The maximum Gasteiger partial charge on any atom is 0.316 e. The van der Waals surface area contributed by atoms with Crippen molar-refractivity contribution in [3.8, 4) is 11.3 Å². The second-order valence-corrected chi connectivity index (χ2v) is 7.56. The number of amides is 1. The minimum atomic E-state index is -0.473. The third-order valence-electron chi connectivity index (χ3n) is 3.33. The molecule has 0 atom stereocenters. The zero-order valence-electron chi connectivity index (χ0n) is 14.6. The van der Waals surface area contributed by atoms with Crippen LogP contribution in [0, 0.1) is 6.92 Å². The van der Waals surface area contributed by atoms with Crippen LogP contribution in [0.15, 0.2) is 39.2 Å². The fourth-order valence-electron chi connectivity index (χ4n) is 2.04. The molecule has 0 spiro atoms. The molecule has 8 nitrogen and oxygen atoms in total. The summed E-state index contributed by atoms with van der Waals surface area (Å²) in [6.07, 6.45) is 0. The summed E-state index contributed by atoms with van der Waals surface area (Å²) in [5.74, 6) is -0.590. The average Bonchev–Trinajstić information content (AvgIpc) is 3.30. The van der Waals surface area contributed by atoms with Gasteiger partial charge >= 0.3 is 5.97 Å². The zero-order chi connectivity index (χ0) is 19.2. The van der Waals surface area contributed by atoms with Crippen molar-refractivity contribution in [1.82, 2.24) is 15.4 Å². The number of hydrogen-bond donors (Lipinski definition) is 1. The Balaban J connectivity index is 1.59. The molecule has 1 aromatic carbocycles. The second kappa shape index (κ2) is 8.78. The van der Waals surface area contributed by atoms with Gasteiger partial charge in [-0.15, -0.1) is 10.2 Å². The van der Waals surface area contributed by atoms with Crippen molar-refractivity contribution in [3.05, 3.63) is 41.7 Å². The Morgan fingerprint density at radius 3 is 2.78 bits per heavy atom. The molecule has 0 saturated carbocycles. The van der Waals surface area contributed by atoms with E-state index in [1.165, 1.54) is 11.8 Å². The SMILES string of the molecule is CCOC(=O)CSc1nnc(NC(=O)c2cc(-c3ccc(C)cc3)no2)s1. The summed E-state index contributed by atoms with van der Waals surface area (Å²) in [6.45, 7) is 4.07. The van der Waals surface area contributed by atoms with Crippen molar-refractivity contribution in [2.45, 2.75) is 18.2 Å². The predicted molar refractivity (Wildman–Crippen MR) is 102 cm³/mol. The van der Waals surface area contributed by atoms with E-state index in [1.54, 1.807) is 13.0 Å². The Kier molecular flexibility index (Phi) is 6.20. The molecule has 27 heavy (non-hydrogen) atoms. The Morgan fingerprint density at radius 1 is 1.26 bits per heavy atom. The number of ether oxygens (including phenoxy) is 1. The highest BCUT2D eigenvalue weighted by molar-refractivity contribution is 8.01. The Morgan fingerprint density at radius 2 is 2.04 bits per heavy atom. The number of nitrogens with one attached hydrogen (secondary N) is 1. The third kappa shape index (κ3) is 5.14. The van der Waals surface area contributed by atoms with Crippen molar-refractivity contribution >= 4 is 40.1 Å². The molecule has 1 N–H and O–H groups in total. The minimum Gasteiger partial charge on any atom is -0.465 e. The van der Waals surface area contributed by atoms with E-state index in [9.17, 15) is 9.59 Å². The quantitative estimate of drug-likeness (QED) is 0.363. The van der Waals surface area contributed by atoms with E-state index in [-0.39, 0.29) is 17.5 Å². The highest BCUT2D eigenvalue weighted by atomic mass is 32.2. The lowest BCUT2D eigenvalue weighted by Gasteiger charge is -1.98. The van der Waals surface area contributed by atoms with Gasteiger partial charge in [-0.25, -0.2) is 0 Å². The molecule has 0 saturated heterocycles. The Hall–Kier alpha value is -2.72. The van der Waals surface area contributed by atoms with Crippen molar-refractivity contribution < 1.29 is 18.8 Å². The summed E-state index contributed by atoms with van der Waals surface area (Å²) in [7, 11) is 0. The van der Waals surface area contributed by atoms with E-state index in [0.29, 0.717) is 21.8 Å². The number of aryl methyl sites for hydroxylation is 1. The summed E-state index contributed by atoms with van der Waals surface area (Å²) in [4.78, 5) is 23.6. The number of thioether (sulfide) groups is 1. The number of benzene rings is 1. The largest absolute Gasteiger partial charge is 0.465 e. The molecule has 0 unspecified atom stereocenters. The maximum absolute atomic E-state index is 12.3. The molecular formula is C17H16N4O4S2. The van der Waals surface area contributed by atoms with Crippen LogP contribution in [0.25, 0.3) is 11.3 Å². The van der Waals surface area contributed by atoms with Gasteiger partial charge in [-0.05, 0) is 13.8 Å². The molecule has 1 amide bonds. The molecule has 0 fully saturated rings.